The fraction of sp³-hybridized carbons (Fsp3) is 0.0667. The lowest BCUT2D eigenvalue weighted by molar-refractivity contribution is 0.628. The molecule has 0 fully saturated rings. The van der Waals surface area contributed by atoms with Crippen LogP contribution in [0.15, 0.2) is 36.5 Å². The van der Waals surface area contributed by atoms with Crippen molar-refractivity contribution in [2.24, 2.45) is 0 Å². The van der Waals surface area contributed by atoms with Crippen molar-refractivity contribution in [3.05, 3.63) is 47.2 Å². The third-order valence-corrected chi connectivity index (χ3v) is 5.41. The molecule has 0 atom stereocenters. The standard InChI is InChI=1S/C15H10FN3S2/c1-8-7-17-15(20-8)12-6-11-14(21-12)13(19-18-11)9-2-4-10(16)5-3-9/h2-7H,1H3,(H,18,19). The van der Waals surface area contributed by atoms with Crippen LogP contribution in [0.5, 0.6) is 0 Å². The summed E-state index contributed by atoms with van der Waals surface area (Å²) in [5, 5.41) is 8.40. The lowest BCUT2D eigenvalue weighted by Gasteiger charge is -1.96. The van der Waals surface area contributed by atoms with Gasteiger partial charge in [-0.05, 0) is 37.3 Å². The van der Waals surface area contributed by atoms with Gasteiger partial charge in [0, 0.05) is 16.6 Å². The molecule has 21 heavy (non-hydrogen) atoms. The number of hydrogen-bond acceptors (Lipinski definition) is 4. The van der Waals surface area contributed by atoms with Crippen LogP contribution in [0, 0.1) is 12.7 Å². The fourth-order valence-corrected chi connectivity index (χ4v) is 4.13. The quantitative estimate of drug-likeness (QED) is 0.574. The van der Waals surface area contributed by atoms with Gasteiger partial charge in [-0.1, -0.05) is 0 Å². The van der Waals surface area contributed by atoms with E-state index in [9.17, 15) is 4.39 Å². The summed E-state index contributed by atoms with van der Waals surface area (Å²) in [7, 11) is 0. The highest BCUT2D eigenvalue weighted by Crippen LogP contribution is 2.39. The van der Waals surface area contributed by atoms with Crippen molar-refractivity contribution in [1.82, 2.24) is 15.2 Å². The molecular weight excluding hydrogens is 305 g/mol. The highest BCUT2D eigenvalue weighted by atomic mass is 32.1. The minimum atomic E-state index is -0.240. The van der Waals surface area contributed by atoms with Crippen molar-refractivity contribution in [2.45, 2.75) is 6.92 Å². The monoisotopic (exact) mass is 315 g/mol. The Bertz CT molecular complexity index is 918. The van der Waals surface area contributed by atoms with Gasteiger partial charge in [-0.15, -0.1) is 22.7 Å². The van der Waals surface area contributed by atoms with Crippen LogP contribution in [0.3, 0.4) is 0 Å². The zero-order valence-electron chi connectivity index (χ0n) is 11.1. The van der Waals surface area contributed by atoms with Crippen LogP contribution in [0.25, 0.3) is 31.4 Å². The molecule has 4 rings (SSSR count). The van der Waals surface area contributed by atoms with Crippen LogP contribution in [-0.4, -0.2) is 15.2 Å². The smallest absolute Gasteiger partial charge is 0.133 e. The van der Waals surface area contributed by atoms with E-state index < -0.39 is 0 Å². The summed E-state index contributed by atoms with van der Waals surface area (Å²) in [6, 6.07) is 8.47. The molecule has 104 valence electrons. The Balaban J connectivity index is 1.84. The van der Waals surface area contributed by atoms with Crippen molar-refractivity contribution in [3.8, 4) is 21.1 Å². The molecule has 6 heteroatoms. The van der Waals surface area contributed by atoms with Gasteiger partial charge in [0.15, 0.2) is 0 Å². The number of aryl methyl sites for hydroxylation is 1. The highest BCUT2D eigenvalue weighted by molar-refractivity contribution is 7.26. The summed E-state index contributed by atoms with van der Waals surface area (Å²) in [4.78, 5) is 6.74. The number of thiazole rings is 1. The lowest BCUT2D eigenvalue weighted by Crippen LogP contribution is -1.79. The number of hydrogen-bond donors (Lipinski definition) is 1. The molecule has 3 nitrogen and oxygen atoms in total. The van der Waals surface area contributed by atoms with Crippen LogP contribution in [-0.2, 0) is 0 Å². The number of halogens is 1. The zero-order valence-corrected chi connectivity index (χ0v) is 12.7. The Morgan fingerprint density at radius 1 is 1.14 bits per heavy atom. The van der Waals surface area contributed by atoms with Gasteiger partial charge in [-0.2, -0.15) is 5.10 Å². The van der Waals surface area contributed by atoms with Crippen LogP contribution in [0.4, 0.5) is 4.39 Å². The van der Waals surface area contributed by atoms with Gasteiger partial charge < -0.3 is 0 Å². The molecule has 1 N–H and O–H groups in total. The van der Waals surface area contributed by atoms with E-state index in [1.807, 2.05) is 13.1 Å². The predicted octanol–water partition coefficient (Wildman–Crippen LogP) is 4.86. The molecule has 0 aliphatic rings. The zero-order chi connectivity index (χ0) is 14.4. The van der Waals surface area contributed by atoms with Crippen LogP contribution < -0.4 is 0 Å². The van der Waals surface area contributed by atoms with E-state index in [-0.39, 0.29) is 5.82 Å². The molecule has 0 saturated carbocycles. The third-order valence-electron chi connectivity index (χ3n) is 3.19. The fourth-order valence-electron chi connectivity index (χ4n) is 2.19. The molecule has 3 aromatic heterocycles. The number of nitrogens with zero attached hydrogens (tertiary/aromatic N) is 2. The summed E-state index contributed by atoms with van der Waals surface area (Å²) in [6.45, 7) is 2.05. The van der Waals surface area contributed by atoms with E-state index in [0.717, 1.165) is 31.4 Å². The SMILES string of the molecule is Cc1cnc(-c2cc3[nH]nc(-c4ccc(F)cc4)c3s2)s1. The van der Waals surface area contributed by atoms with Gasteiger partial charge >= 0.3 is 0 Å². The number of aromatic nitrogens is 3. The number of aromatic amines is 1. The molecule has 0 radical (unpaired) electrons. The molecule has 0 spiro atoms. The van der Waals surface area contributed by atoms with Gasteiger partial charge in [-0.25, -0.2) is 9.37 Å². The van der Waals surface area contributed by atoms with Gasteiger partial charge in [0.05, 0.1) is 15.1 Å². The van der Waals surface area contributed by atoms with Gasteiger partial charge in [0.2, 0.25) is 0 Å². The molecule has 1 aromatic carbocycles. The Morgan fingerprint density at radius 3 is 2.67 bits per heavy atom. The normalized spacial score (nSPS) is 11.3. The molecule has 0 aliphatic carbocycles. The maximum absolute atomic E-state index is 13.0. The first-order valence-corrected chi connectivity index (χ1v) is 8.00. The number of benzene rings is 1. The van der Waals surface area contributed by atoms with Crippen molar-refractivity contribution in [3.63, 3.8) is 0 Å². The lowest BCUT2D eigenvalue weighted by atomic mass is 10.1. The number of nitrogens with one attached hydrogen (secondary N) is 1. The van der Waals surface area contributed by atoms with Crippen molar-refractivity contribution < 1.29 is 4.39 Å². The molecule has 3 heterocycles. The molecule has 0 amide bonds. The first-order valence-electron chi connectivity index (χ1n) is 6.37. The van der Waals surface area contributed by atoms with Crippen LogP contribution >= 0.6 is 22.7 Å². The molecule has 0 bridgehead atoms. The van der Waals surface area contributed by atoms with E-state index in [2.05, 4.69) is 21.2 Å². The predicted molar refractivity (Wildman–Crippen MR) is 85.2 cm³/mol. The second kappa shape index (κ2) is 4.75. The number of fused-ring (bicyclic) bond motifs is 1. The molecular formula is C15H10FN3S2. The van der Waals surface area contributed by atoms with Crippen molar-refractivity contribution >= 4 is 32.9 Å². The molecule has 0 unspecified atom stereocenters. The number of thiophene rings is 1. The molecule has 4 aromatic rings. The highest BCUT2D eigenvalue weighted by Gasteiger charge is 2.14. The second-order valence-electron chi connectivity index (χ2n) is 4.71. The average Bonchev–Trinajstić information content (AvgIpc) is 3.14. The van der Waals surface area contributed by atoms with E-state index >= 15 is 0 Å². The first kappa shape index (κ1) is 12.7. The summed E-state index contributed by atoms with van der Waals surface area (Å²) in [5.74, 6) is -0.240. The summed E-state index contributed by atoms with van der Waals surface area (Å²) in [6.07, 6.45) is 1.88. The second-order valence-corrected chi connectivity index (χ2v) is 7.00. The minimum Gasteiger partial charge on any atom is -0.276 e. The van der Waals surface area contributed by atoms with Gasteiger partial charge in [0.25, 0.3) is 0 Å². The Hall–Kier alpha value is -2.05. The average molecular weight is 315 g/mol. The van der Waals surface area contributed by atoms with E-state index in [1.165, 1.54) is 17.0 Å². The third kappa shape index (κ3) is 2.16. The van der Waals surface area contributed by atoms with E-state index in [4.69, 9.17) is 0 Å². The van der Waals surface area contributed by atoms with E-state index in [1.54, 1.807) is 34.8 Å². The van der Waals surface area contributed by atoms with Gasteiger partial charge in [0.1, 0.15) is 16.5 Å². The summed E-state index contributed by atoms with van der Waals surface area (Å²) in [5.41, 5.74) is 2.75. The Labute approximate surface area is 128 Å². The maximum Gasteiger partial charge on any atom is 0.133 e. The van der Waals surface area contributed by atoms with Gasteiger partial charge in [-0.3, -0.25) is 5.10 Å². The minimum absolute atomic E-state index is 0.240. The molecule has 0 saturated heterocycles. The summed E-state index contributed by atoms with van der Waals surface area (Å²) < 4.78 is 14.1. The number of H-pyrrole nitrogens is 1. The van der Waals surface area contributed by atoms with Crippen molar-refractivity contribution in [1.29, 1.82) is 0 Å². The topological polar surface area (TPSA) is 41.6 Å². The largest absolute Gasteiger partial charge is 0.276 e. The maximum atomic E-state index is 13.0. The molecule has 0 aliphatic heterocycles. The Kier molecular flexibility index (Phi) is 2.87. The van der Waals surface area contributed by atoms with Crippen molar-refractivity contribution in [2.75, 3.05) is 0 Å². The first-order chi connectivity index (χ1) is 10.2. The van der Waals surface area contributed by atoms with Crippen LogP contribution in [0.1, 0.15) is 4.88 Å². The van der Waals surface area contributed by atoms with E-state index in [0.29, 0.717) is 0 Å². The Morgan fingerprint density at radius 2 is 1.95 bits per heavy atom. The summed E-state index contributed by atoms with van der Waals surface area (Å²) >= 11 is 3.33. The van der Waals surface area contributed by atoms with Crippen LogP contribution in [0.2, 0.25) is 0 Å². The number of rotatable bonds is 2.